The minimum atomic E-state index is 0.794. The van der Waals surface area contributed by atoms with Gasteiger partial charge in [0.2, 0.25) is 0 Å². The summed E-state index contributed by atoms with van der Waals surface area (Å²) in [5.74, 6) is 0. The molecule has 0 spiro atoms. The third-order valence-corrected chi connectivity index (χ3v) is 3.51. The van der Waals surface area contributed by atoms with Gasteiger partial charge in [-0.2, -0.15) is 5.10 Å². The Kier molecular flexibility index (Phi) is 4.43. The molecule has 15 heavy (non-hydrogen) atoms. The molecule has 0 saturated heterocycles. The van der Waals surface area contributed by atoms with Gasteiger partial charge in [0.15, 0.2) is 0 Å². The van der Waals surface area contributed by atoms with Crippen LogP contribution < -0.4 is 5.32 Å². The fourth-order valence-electron chi connectivity index (χ4n) is 2.14. The predicted molar refractivity (Wildman–Crippen MR) is 69.8 cm³/mol. The van der Waals surface area contributed by atoms with Crippen molar-refractivity contribution < 1.29 is 0 Å². The number of aromatic nitrogens is 2. The molecule has 0 amide bonds. The molecule has 0 aromatic carbocycles. The van der Waals surface area contributed by atoms with Gasteiger partial charge >= 0.3 is 0 Å². The van der Waals surface area contributed by atoms with Crippen LogP contribution in [0.2, 0.25) is 0 Å². The molecular formula is C11H18IN3. The molecule has 84 valence electrons. The second kappa shape index (κ2) is 5.84. The second-order valence-electron chi connectivity index (χ2n) is 4.21. The monoisotopic (exact) mass is 319 g/mol. The molecule has 1 aliphatic carbocycles. The summed E-state index contributed by atoms with van der Waals surface area (Å²) in [6, 6.07) is 0.794. The number of rotatable bonds is 5. The van der Waals surface area contributed by atoms with Gasteiger partial charge in [-0.25, -0.2) is 0 Å². The van der Waals surface area contributed by atoms with E-state index in [1.165, 1.54) is 35.7 Å². The fourth-order valence-corrected chi connectivity index (χ4v) is 2.58. The standard InChI is InChI=1S/C11H18IN3/c12-10-8-14-15(9-10)7-3-6-13-11-4-1-2-5-11/h8-9,11,13H,1-7H2. The highest BCUT2D eigenvalue weighted by atomic mass is 127. The number of halogens is 1. The quantitative estimate of drug-likeness (QED) is 0.667. The molecule has 1 saturated carbocycles. The molecule has 0 aliphatic heterocycles. The molecule has 0 bridgehead atoms. The maximum absolute atomic E-state index is 4.27. The van der Waals surface area contributed by atoms with Crippen LogP contribution in [-0.2, 0) is 6.54 Å². The molecule has 4 heteroatoms. The molecule has 0 atom stereocenters. The van der Waals surface area contributed by atoms with Crippen LogP contribution >= 0.6 is 22.6 Å². The van der Waals surface area contributed by atoms with Gasteiger partial charge in [0.1, 0.15) is 0 Å². The number of hydrogen-bond donors (Lipinski definition) is 1. The van der Waals surface area contributed by atoms with Crippen LogP contribution in [0.1, 0.15) is 32.1 Å². The van der Waals surface area contributed by atoms with Gasteiger partial charge < -0.3 is 5.32 Å². The van der Waals surface area contributed by atoms with Gasteiger partial charge in [-0.1, -0.05) is 12.8 Å². The zero-order chi connectivity index (χ0) is 10.5. The zero-order valence-electron chi connectivity index (χ0n) is 8.95. The average molecular weight is 319 g/mol. The van der Waals surface area contributed by atoms with E-state index in [0.717, 1.165) is 19.1 Å². The zero-order valence-corrected chi connectivity index (χ0v) is 11.1. The summed E-state index contributed by atoms with van der Waals surface area (Å²) in [4.78, 5) is 0. The van der Waals surface area contributed by atoms with Crippen molar-refractivity contribution in [3.05, 3.63) is 16.0 Å². The van der Waals surface area contributed by atoms with Crippen molar-refractivity contribution in [2.75, 3.05) is 6.54 Å². The maximum Gasteiger partial charge on any atom is 0.0623 e. The number of aryl methyl sites for hydroxylation is 1. The van der Waals surface area contributed by atoms with Gasteiger partial charge in [-0.3, -0.25) is 4.68 Å². The topological polar surface area (TPSA) is 29.9 Å². The van der Waals surface area contributed by atoms with Gasteiger partial charge in [0, 0.05) is 18.8 Å². The molecule has 0 unspecified atom stereocenters. The normalized spacial score (nSPS) is 17.4. The largest absolute Gasteiger partial charge is 0.314 e. The summed E-state index contributed by atoms with van der Waals surface area (Å²) in [6.45, 7) is 2.16. The summed E-state index contributed by atoms with van der Waals surface area (Å²) < 4.78 is 3.24. The lowest BCUT2D eigenvalue weighted by atomic mass is 10.2. The van der Waals surface area contributed by atoms with Crippen molar-refractivity contribution >= 4 is 22.6 Å². The molecule has 1 heterocycles. The summed E-state index contributed by atoms with van der Waals surface area (Å²) in [5.41, 5.74) is 0. The smallest absolute Gasteiger partial charge is 0.0623 e. The molecule has 1 aromatic heterocycles. The SMILES string of the molecule is Ic1cnn(CCCNC2CCCC2)c1. The molecule has 0 radical (unpaired) electrons. The van der Waals surface area contributed by atoms with Crippen LogP contribution in [0, 0.1) is 3.57 Å². The Morgan fingerprint density at radius 2 is 2.27 bits per heavy atom. The highest BCUT2D eigenvalue weighted by molar-refractivity contribution is 14.1. The summed E-state index contributed by atoms with van der Waals surface area (Å²) >= 11 is 2.29. The minimum Gasteiger partial charge on any atom is -0.314 e. The highest BCUT2D eigenvalue weighted by Crippen LogP contribution is 2.17. The van der Waals surface area contributed by atoms with Gasteiger partial charge in [-0.15, -0.1) is 0 Å². The van der Waals surface area contributed by atoms with Crippen LogP contribution in [0.25, 0.3) is 0 Å². The van der Waals surface area contributed by atoms with E-state index in [0.29, 0.717) is 0 Å². The van der Waals surface area contributed by atoms with Gasteiger partial charge in [0.25, 0.3) is 0 Å². The van der Waals surface area contributed by atoms with Crippen LogP contribution in [0.15, 0.2) is 12.4 Å². The Morgan fingerprint density at radius 3 is 2.93 bits per heavy atom. The Morgan fingerprint density at radius 1 is 1.47 bits per heavy atom. The van der Waals surface area contributed by atoms with E-state index in [1.54, 1.807) is 0 Å². The van der Waals surface area contributed by atoms with Crippen molar-refractivity contribution in [3.8, 4) is 0 Å². The Balaban J connectivity index is 1.58. The van der Waals surface area contributed by atoms with E-state index in [4.69, 9.17) is 0 Å². The van der Waals surface area contributed by atoms with E-state index in [1.807, 2.05) is 10.9 Å². The van der Waals surface area contributed by atoms with Crippen LogP contribution in [-0.4, -0.2) is 22.4 Å². The number of hydrogen-bond acceptors (Lipinski definition) is 2. The first-order valence-corrected chi connectivity index (χ1v) is 6.84. The Hall–Kier alpha value is -0.100. The highest BCUT2D eigenvalue weighted by Gasteiger charge is 2.13. The van der Waals surface area contributed by atoms with E-state index in [-0.39, 0.29) is 0 Å². The first kappa shape index (κ1) is 11.4. The van der Waals surface area contributed by atoms with Crippen molar-refractivity contribution in [2.24, 2.45) is 0 Å². The van der Waals surface area contributed by atoms with Crippen molar-refractivity contribution in [1.29, 1.82) is 0 Å². The fraction of sp³-hybridized carbons (Fsp3) is 0.727. The van der Waals surface area contributed by atoms with Crippen LogP contribution in [0.3, 0.4) is 0 Å². The minimum absolute atomic E-state index is 0.794. The van der Waals surface area contributed by atoms with Gasteiger partial charge in [-0.05, 0) is 48.4 Å². The van der Waals surface area contributed by atoms with E-state index < -0.39 is 0 Å². The second-order valence-corrected chi connectivity index (χ2v) is 5.46. The lowest BCUT2D eigenvalue weighted by molar-refractivity contribution is 0.483. The van der Waals surface area contributed by atoms with Gasteiger partial charge in [0.05, 0.1) is 9.77 Å². The van der Waals surface area contributed by atoms with E-state index in [9.17, 15) is 0 Å². The number of nitrogens with one attached hydrogen (secondary N) is 1. The third kappa shape index (κ3) is 3.75. The van der Waals surface area contributed by atoms with Crippen LogP contribution in [0.4, 0.5) is 0 Å². The average Bonchev–Trinajstić information content (AvgIpc) is 2.84. The molecule has 2 rings (SSSR count). The first-order chi connectivity index (χ1) is 7.34. The lowest BCUT2D eigenvalue weighted by Gasteiger charge is -2.11. The van der Waals surface area contributed by atoms with Crippen molar-refractivity contribution in [2.45, 2.75) is 44.7 Å². The molecule has 3 nitrogen and oxygen atoms in total. The molecule has 1 N–H and O–H groups in total. The molecule has 1 aliphatic rings. The predicted octanol–water partition coefficient (Wildman–Crippen LogP) is 2.41. The molecule has 1 aromatic rings. The number of nitrogens with zero attached hydrogens (tertiary/aromatic N) is 2. The van der Waals surface area contributed by atoms with E-state index in [2.05, 4.69) is 39.2 Å². The third-order valence-electron chi connectivity index (χ3n) is 2.95. The Labute approximate surface area is 105 Å². The Bertz CT molecular complexity index is 292. The van der Waals surface area contributed by atoms with Crippen LogP contribution in [0.5, 0.6) is 0 Å². The lowest BCUT2D eigenvalue weighted by Crippen LogP contribution is -2.27. The van der Waals surface area contributed by atoms with E-state index >= 15 is 0 Å². The summed E-state index contributed by atoms with van der Waals surface area (Å²) in [7, 11) is 0. The van der Waals surface area contributed by atoms with Crippen molar-refractivity contribution in [1.82, 2.24) is 15.1 Å². The first-order valence-electron chi connectivity index (χ1n) is 5.76. The molecular weight excluding hydrogens is 301 g/mol. The maximum atomic E-state index is 4.27. The summed E-state index contributed by atoms with van der Waals surface area (Å²) in [6.07, 6.45) is 10.7. The summed E-state index contributed by atoms with van der Waals surface area (Å²) in [5, 5.41) is 7.88. The molecule has 1 fully saturated rings. The van der Waals surface area contributed by atoms with Crippen molar-refractivity contribution in [3.63, 3.8) is 0 Å².